The fourth-order valence-corrected chi connectivity index (χ4v) is 4.86. The molecule has 45 heavy (non-hydrogen) atoms. The quantitative estimate of drug-likeness (QED) is 0.0901. The van der Waals surface area contributed by atoms with Crippen LogP contribution < -0.4 is 4.74 Å². The number of hydrogen-bond donors (Lipinski definition) is 0. The maximum atomic E-state index is 15.2. The minimum absolute atomic E-state index is 0.111. The molecule has 5 rings (SSSR count). The molecule has 0 fully saturated rings. The zero-order chi connectivity index (χ0) is 32.3. The fraction of sp³-hybridized carbons (Fsp3) is 0.111. The van der Waals surface area contributed by atoms with Gasteiger partial charge in [0.2, 0.25) is 0 Å². The van der Waals surface area contributed by atoms with Crippen molar-refractivity contribution in [1.29, 1.82) is 0 Å². The van der Waals surface area contributed by atoms with Gasteiger partial charge in [-0.3, -0.25) is 0 Å². The predicted octanol–water partition coefficient (Wildman–Crippen LogP) is 11.2. The summed E-state index contributed by atoms with van der Waals surface area (Å²) in [6, 6.07) is 20.1. The number of halogens is 8. The minimum atomic E-state index is -4.70. The van der Waals surface area contributed by atoms with Crippen LogP contribution in [0.4, 0.5) is 35.1 Å². The molecular weight excluding hydrogens is 600 g/mol. The van der Waals surface area contributed by atoms with Crippen molar-refractivity contribution in [3.8, 4) is 39.1 Å². The second-order valence-electron chi connectivity index (χ2n) is 10.2. The van der Waals surface area contributed by atoms with E-state index in [1.807, 2.05) is 37.3 Å². The summed E-state index contributed by atoms with van der Waals surface area (Å²) in [4.78, 5) is 0. The monoisotopic (exact) mass is 624 g/mol. The second kappa shape index (κ2) is 13.0. The van der Waals surface area contributed by atoms with Gasteiger partial charge >= 0.3 is 6.11 Å². The van der Waals surface area contributed by atoms with Crippen LogP contribution in [-0.2, 0) is 12.5 Å². The van der Waals surface area contributed by atoms with Gasteiger partial charge in [0, 0.05) is 17.7 Å². The number of rotatable bonds is 9. The number of benzene rings is 5. The third kappa shape index (κ3) is 6.93. The molecule has 0 atom stereocenters. The van der Waals surface area contributed by atoms with Gasteiger partial charge in [-0.1, -0.05) is 72.8 Å². The van der Waals surface area contributed by atoms with Gasteiger partial charge in [-0.15, -0.1) is 0 Å². The topological polar surface area (TPSA) is 9.23 Å². The van der Waals surface area contributed by atoms with Gasteiger partial charge in [0.05, 0.1) is 0 Å². The van der Waals surface area contributed by atoms with Crippen molar-refractivity contribution in [3.05, 3.63) is 149 Å². The van der Waals surface area contributed by atoms with E-state index in [1.165, 1.54) is 35.9 Å². The smallest absolute Gasteiger partial charge is 0.429 e. The number of aryl methyl sites for hydroxylation is 1. The molecule has 0 amide bonds. The van der Waals surface area contributed by atoms with Crippen molar-refractivity contribution in [2.45, 2.75) is 25.9 Å². The lowest BCUT2D eigenvalue weighted by Gasteiger charge is -2.20. The Morgan fingerprint density at radius 3 is 1.67 bits per heavy atom. The molecule has 0 saturated carbocycles. The summed E-state index contributed by atoms with van der Waals surface area (Å²) in [5, 5.41) is 0. The molecule has 0 heterocycles. The van der Waals surface area contributed by atoms with Gasteiger partial charge < -0.3 is 4.74 Å². The molecule has 0 bridgehead atoms. The van der Waals surface area contributed by atoms with Crippen LogP contribution in [0.25, 0.3) is 33.4 Å². The lowest BCUT2D eigenvalue weighted by molar-refractivity contribution is -0.189. The molecule has 0 radical (unpaired) electrons. The van der Waals surface area contributed by atoms with Gasteiger partial charge in [-0.05, 0) is 71.3 Å². The maximum absolute atomic E-state index is 15.2. The van der Waals surface area contributed by atoms with Gasteiger partial charge in [-0.2, -0.15) is 8.78 Å². The van der Waals surface area contributed by atoms with Crippen molar-refractivity contribution >= 4 is 0 Å². The molecule has 0 aliphatic heterocycles. The Morgan fingerprint density at radius 2 is 1.09 bits per heavy atom. The van der Waals surface area contributed by atoms with Crippen molar-refractivity contribution in [1.82, 2.24) is 0 Å². The molecule has 230 valence electrons. The van der Waals surface area contributed by atoms with Crippen molar-refractivity contribution in [3.63, 3.8) is 0 Å². The Labute approximate surface area is 254 Å². The predicted molar refractivity (Wildman–Crippen MR) is 157 cm³/mol. The highest BCUT2D eigenvalue weighted by Gasteiger charge is 2.41. The fourth-order valence-electron chi connectivity index (χ4n) is 4.86. The highest BCUT2D eigenvalue weighted by Crippen LogP contribution is 2.38. The summed E-state index contributed by atoms with van der Waals surface area (Å²) in [7, 11) is 0. The zero-order valence-corrected chi connectivity index (χ0v) is 23.7. The van der Waals surface area contributed by atoms with Gasteiger partial charge in [0.15, 0.2) is 17.5 Å². The van der Waals surface area contributed by atoms with Crippen molar-refractivity contribution in [2.75, 3.05) is 0 Å². The molecule has 9 heteroatoms. The first-order valence-electron chi connectivity index (χ1n) is 13.8. The van der Waals surface area contributed by atoms with Crippen LogP contribution in [0.5, 0.6) is 5.75 Å². The number of hydrogen-bond acceptors (Lipinski definition) is 1. The van der Waals surface area contributed by atoms with Crippen LogP contribution in [0.2, 0.25) is 0 Å². The van der Waals surface area contributed by atoms with E-state index in [1.54, 1.807) is 12.1 Å². The molecule has 0 aliphatic carbocycles. The maximum Gasteiger partial charge on any atom is 0.432 e. The third-order valence-corrected chi connectivity index (χ3v) is 7.16. The molecule has 5 aromatic carbocycles. The molecule has 0 N–H and O–H groups in total. The highest BCUT2D eigenvalue weighted by molar-refractivity contribution is 5.74. The summed E-state index contributed by atoms with van der Waals surface area (Å²) >= 11 is 0. The molecule has 1 nitrogen and oxygen atoms in total. The first kappa shape index (κ1) is 31.5. The minimum Gasteiger partial charge on any atom is -0.429 e. The average Bonchev–Trinajstić information content (AvgIpc) is 2.99. The van der Waals surface area contributed by atoms with E-state index in [0.717, 1.165) is 18.4 Å². The van der Waals surface area contributed by atoms with Crippen LogP contribution in [0.15, 0.2) is 103 Å². The number of ether oxygens (including phenoxy) is 1. The van der Waals surface area contributed by atoms with E-state index in [2.05, 4.69) is 10.8 Å². The lowest BCUT2D eigenvalue weighted by Crippen LogP contribution is -2.25. The van der Waals surface area contributed by atoms with Crippen LogP contribution in [0.3, 0.4) is 0 Å². The first-order chi connectivity index (χ1) is 21.5. The van der Waals surface area contributed by atoms with Crippen LogP contribution in [0.1, 0.15) is 24.5 Å². The van der Waals surface area contributed by atoms with E-state index in [9.17, 15) is 30.7 Å². The summed E-state index contributed by atoms with van der Waals surface area (Å²) in [5.41, 5.74) is 1.79. The van der Waals surface area contributed by atoms with E-state index >= 15 is 4.39 Å². The van der Waals surface area contributed by atoms with Crippen LogP contribution in [0, 0.1) is 34.9 Å². The first-order valence-corrected chi connectivity index (χ1v) is 13.8. The third-order valence-electron chi connectivity index (χ3n) is 7.16. The Hall–Kier alpha value is -4.92. The molecule has 5 aromatic rings. The largest absolute Gasteiger partial charge is 0.432 e. The van der Waals surface area contributed by atoms with Gasteiger partial charge in [0.1, 0.15) is 28.8 Å². The molecule has 0 unspecified atom stereocenters. The Bertz CT molecular complexity index is 1820. The average molecular weight is 625 g/mol. The van der Waals surface area contributed by atoms with Crippen LogP contribution in [-0.4, -0.2) is 0 Å². The molecular formula is C36H24F8O. The molecule has 0 spiro atoms. The zero-order valence-electron chi connectivity index (χ0n) is 23.7. The lowest BCUT2D eigenvalue weighted by atomic mass is 9.96. The van der Waals surface area contributed by atoms with Crippen molar-refractivity contribution in [2.24, 2.45) is 0 Å². The van der Waals surface area contributed by atoms with E-state index in [0.29, 0.717) is 23.3 Å². The van der Waals surface area contributed by atoms with E-state index < -0.39 is 52.3 Å². The Balaban J connectivity index is 1.34. The molecule has 0 aromatic heterocycles. The number of alkyl halides is 2. The second-order valence-corrected chi connectivity index (χ2v) is 10.2. The summed E-state index contributed by atoms with van der Waals surface area (Å²) < 4.78 is 118. The van der Waals surface area contributed by atoms with E-state index in [-0.39, 0.29) is 28.8 Å². The summed E-state index contributed by atoms with van der Waals surface area (Å²) in [6.07, 6.45) is 1.22. The molecule has 0 saturated heterocycles. The Morgan fingerprint density at radius 1 is 0.578 bits per heavy atom. The normalized spacial score (nSPS) is 11.8. The number of allylic oxidation sites excluding steroid dienone is 2. The molecule has 0 aliphatic rings. The summed E-state index contributed by atoms with van der Waals surface area (Å²) in [6.45, 7) is 1.97. The van der Waals surface area contributed by atoms with Crippen LogP contribution >= 0.6 is 0 Å². The standard InChI is InChI=1S/C36H24F8O/c1-2-3-4-5-21-6-8-22(9-7-21)25-14-15-28(29(37)16-25)24-12-10-23(11-13-24)26-17-30(38)34(31(39)18-26)36(43,44)45-27-19-32(40)35(42)33(41)20-27/h2-3,6-20H,4-5H2,1H3/b3-2+. The van der Waals surface area contributed by atoms with E-state index in [4.69, 9.17) is 0 Å². The Kier molecular flexibility index (Phi) is 9.09. The summed E-state index contributed by atoms with van der Waals surface area (Å²) in [5.74, 6) is -10.6. The van der Waals surface area contributed by atoms with Gasteiger partial charge in [-0.25, -0.2) is 26.3 Å². The van der Waals surface area contributed by atoms with Gasteiger partial charge in [0.25, 0.3) is 0 Å². The SMILES string of the molecule is C/C=C/CCc1ccc(-c2ccc(-c3ccc(-c4cc(F)c(C(F)(F)Oc5cc(F)c(F)c(F)c5)c(F)c4)cc3)c(F)c2)cc1. The van der Waals surface area contributed by atoms with Crippen molar-refractivity contribution < 1.29 is 39.9 Å². The highest BCUT2D eigenvalue weighted by atomic mass is 19.3.